The van der Waals surface area contributed by atoms with Crippen LogP contribution in [0.1, 0.15) is 89.1 Å². The van der Waals surface area contributed by atoms with Gasteiger partial charge in [0.25, 0.3) is 0 Å². The van der Waals surface area contributed by atoms with Crippen LogP contribution in [0, 0.1) is 12.8 Å². The average molecular weight is 1090 g/mol. The largest absolute Gasteiger partial charge is 0.504 e. The van der Waals surface area contributed by atoms with Crippen LogP contribution in [0.5, 0.6) is 46.0 Å². The van der Waals surface area contributed by atoms with Crippen molar-refractivity contribution < 1.29 is 40.9 Å². The molecule has 8 aromatic rings. The molecule has 0 amide bonds. The third-order valence-corrected chi connectivity index (χ3v) is 15.0. The van der Waals surface area contributed by atoms with Gasteiger partial charge in [0, 0.05) is 22.7 Å². The summed E-state index contributed by atoms with van der Waals surface area (Å²) in [6.45, 7) is 18.1. The number of benzene rings is 7. The summed E-state index contributed by atoms with van der Waals surface area (Å²) in [5.74, 6) is -7.19. The van der Waals surface area contributed by atoms with Gasteiger partial charge in [0.1, 0.15) is 17.1 Å². The van der Waals surface area contributed by atoms with Crippen LogP contribution < -0.4 is 4.90 Å². The number of nitrogens with zero attached hydrogens (tertiary/aromatic N) is 2. The Labute approximate surface area is 481 Å². The van der Waals surface area contributed by atoms with Gasteiger partial charge in [0.15, 0.2) is 46.0 Å². The predicted molar refractivity (Wildman–Crippen MR) is 337 cm³/mol. The van der Waals surface area contributed by atoms with E-state index in [9.17, 15) is 40.9 Å². The fourth-order valence-corrected chi connectivity index (χ4v) is 11.2. The lowest BCUT2D eigenvalue weighted by atomic mass is 9.61. The van der Waals surface area contributed by atoms with Crippen LogP contribution in [0.4, 0.5) is 11.4 Å². The highest BCUT2D eigenvalue weighted by Crippen LogP contribution is 2.61. The maximum absolute atomic E-state index is 12.3. The molecule has 1 aromatic heterocycles. The molecule has 2 aliphatic carbocycles. The SMILES string of the molecule is C#C.C/C=C\CC.C=C1/C=C\C=C/Cc2ccccc2/C(c2c(O)c(O)c(N(C/C=C\C3=C(C)CC(c4ccccc4)(c4ccccc4)C(C)=C3C)c3c(O)c(O)c(-n4c5ccccc5c5ccccc54)c(O)c3O)c(O)c2O)=C\1.CC. The maximum Gasteiger partial charge on any atom is 0.188 e. The maximum atomic E-state index is 12.3. The van der Waals surface area contributed by atoms with Crippen LogP contribution in [0.2, 0.25) is 0 Å². The number of hydrogen-bond donors (Lipinski definition) is 8. The Morgan fingerprint density at radius 1 is 0.610 bits per heavy atom. The first kappa shape index (κ1) is 59.7. The molecular weight excluding hydrogens is 1020 g/mol. The third-order valence-electron chi connectivity index (χ3n) is 15.0. The number of phenolic OH excluding ortho intramolecular Hbond substituents is 8. The van der Waals surface area contributed by atoms with Crippen LogP contribution >= 0.6 is 0 Å². The first-order valence-corrected chi connectivity index (χ1v) is 27.4. The van der Waals surface area contributed by atoms with Gasteiger partial charge in [-0.15, -0.1) is 12.8 Å². The summed E-state index contributed by atoms with van der Waals surface area (Å²) >= 11 is 0. The lowest BCUT2D eigenvalue weighted by Gasteiger charge is -2.42. The summed E-state index contributed by atoms with van der Waals surface area (Å²) in [6, 6.07) is 42.6. The van der Waals surface area contributed by atoms with Gasteiger partial charge in [-0.2, -0.15) is 0 Å². The zero-order valence-corrected chi connectivity index (χ0v) is 47.6. The summed E-state index contributed by atoms with van der Waals surface area (Å²) in [4.78, 5) is 1.02. The van der Waals surface area contributed by atoms with Crippen LogP contribution in [-0.4, -0.2) is 52.0 Å². The van der Waals surface area contributed by atoms with Crippen molar-refractivity contribution >= 4 is 38.8 Å². The third kappa shape index (κ3) is 11.0. The van der Waals surface area contributed by atoms with Gasteiger partial charge in [-0.05, 0) is 110 Å². The Kier molecular flexibility index (Phi) is 19.2. The number of phenols is 8. The number of fused-ring (bicyclic) bond motifs is 4. The monoisotopic (exact) mass is 1090 g/mol. The highest BCUT2D eigenvalue weighted by Gasteiger charge is 2.41. The molecule has 2 aliphatic rings. The normalized spacial score (nSPS) is 15.3. The topological polar surface area (TPSA) is 170 Å². The molecule has 418 valence electrons. The van der Waals surface area contributed by atoms with Gasteiger partial charge in [0.2, 0.25) is 0 Å². The number of aromatic nitrogens is 1. The molecule has 0 spiro atoms. The van der Waals surface area contributed by atoms with Crippen LogP contribution in [0.3, 0.4) is 0 Å². The second-order valence-corrected chi connectivity index (χ2v) is 19.6. The minimum absolute atomic E-state index is 0.232. The summed E-state index contributed by atoms with van der Waals surface area (Å²) in [7, 11) is 0. The average Bonchev–Trinajstić information content (AvgIpc) is 1.91. The number of rotatable bonds is 10. The minimum Gasteiger partial charge on any atom is -0.504 e. The number of terminal acetylenes is 1. The van der Waals surface area contributed by atoms with E-state index in [4.69, 9.17) is 0 Å². The first-order valence-electron chi connectivity index (χ1n) is 27.4. The van der Waals surface area contributed by atoms with Crippen molar-refractivity contribution in [2.75, 3.05) is 11.4 Å². The summed E-state index contributed by atoms with van der Waals surface area (Å²) in [6.07, 6.45) is 27.0. The molecule has 0 saturated carbocycles. The first-order chi connectivity index (χ1) is 39.7. The van der Waals surface area contributed by atoms with Gasteiger partial charge in [-0.1, -0.05) is 208 Å². The van der Waals surface area contributed by atoms with E-state index < -0.39 is 62.8 Å². The molecule has 7 aromatic carbocycles. The van der Waals surface area contributed by atoms with E-state index in [-0.39, 0.29) is 23.4 Å². The standard InChI is InChI=1S/C63H54N2O8.C5H10.C2H6.C2H2/c1-37-21-8-5-9-22-41-23-14-15-28-45(41)48(35-37)51-55(66)57(68)52(58(69)56(51)67)64(34-20-31-44-38(2)36-63(40(4)39(44)3,42-24-10-6-11-25-42)43-26-12-7-13-27-43)53-59(70)61(72)54(62(73)60(53)71)65-49-32-18-16-29-46(49)47-30-17-19-33-50(47)65;1-3-5-4-2;2*1-2/h5-21,23-33,35,66-73H,1,22,34,36H2,2-4H3;3,5H,4H2,1-2H3;1-2H3;1-2H/b9-5-,21-8-,31-20-,48-35+;5-3-;;. The lowest BCUT2D eigenvalue weighted by molar-refractivity contribution is 0.367. The van der Waals surface area contributed by atoms with Crippen molar-refractivity contribution in [2.24, 2.45) is 0 Å². The molecular formula is C72H72N2O8. The van der Waals surface area contributed by atoms with E-state index in [0.29, 0.717) is 35.0 Å². The number of hydrogen-bond acceptors (Lipinski definition) is 9. The van der Waals surface area contributed by atoms with Crippen LogP contribution in [0.15, 0.2) is 223 Å². The second kappa shape index (κ2) is 26.3. The van der Waals surface area contributed by atoms with Crippen molar-refractivity contribution in [1.82, 2.24) is 4.57 Å². The van der Waals surface area contributed by atoms with Gasteiger partial charge in [0.05, 0.1) is 16.6 Å². The Morgan fingerprint density at radius 3 is 1.61 bits per heavy atom. The zero-order valence-electron chi connectivity index (χ0n) is 47.6. The highest BCUT2D eigenvalue weighted by molar-refractivity contribution is 6.10. The van der Waals surface area contributed by atoms with E-state index in [1.807, 2.05) is 112 Å². The summed E-state index contributed by atoms with van der Waals surface area (Å²) in [5, 5.41) is 99.5. The van der Waals surface area contributed by atoms with E-state index in [0.717, 1.165) is 61.1 Å². The van der Waals surface area contributed by atoms with Crippen LogP contribution in [-0.2, 0) is 11.8 Å². The molecule has 0 bridgehead atoms. The van der Waals surface area contributed by atoms with E-state index in [1.165, 1.54) is 4.57 Å². The fourth-order valence-electron chi connectivity index (χ4n) is 11.2. The molecule has 0 fully saturated rings. The minimum atomic E-state index is -0.949. The second-order valence-electron chi connectivity index (χ2n) is 19.6. The molecule has 0 radical (unpaired) electrons. The Hall–Kier alpha value is -9.98. The quantitative estimate of drug-likeness (QED) is 0.0287. The summed E-state index contributed by atoms with van der Waals surface area (Å²) in [5.41, 5.74) is 7.05. The lowest BCUT2D eigenvalue weighted by Crippen LogP contribution is -2.33. The number of anilines is 2. The number of aromatic hydroxyl groups is 8. The van der Waals surface area contributed by atoms with E-state index in [1.54, 1.807) is 60.7 Å². The van der Waals surface area contributed by atoms with Crippen molar-refractivity contribution in [3.63, 3.8) is 0 Å². The van der Waals surface area contributed by atoms with Gasteiger partial charge in [-0.25, -0.2) is 0 Å². The number of allylic oxidation sites excluding steroid dienone is 13. The predicted octanol–water partition coefficient (Wildman–Crippen LogP) is 17.1. The molecule has 82 heavy (non-hydrogen) atoms. The summed E-state index contributed by atoms with van der Waals surface area (Å²) < 4.78 is 1.52. The molecule has 10 heteroatoms. The van der Waals surface area contributed by atoms with Gasteiger partial charge >= 0.3 is 0 Å². The molecule has 0 aliphatic heterocycles. The van der Waals surface area contributed by atoms with Crippen molar-refractivity contribution in [3.8, 4) is 64.5 Å². The van der Waals surface area contributed by atoms with Gasteiger partial charge < -0.3 is 50.3 Å². The molecule has 10 rings (SSSR count). The molecule has 1 heterocycles. The molecule has 0 atom stereocenters. The van der Waals surface area contributed by atoms with E-state index in [2.05, 4.69) is 83.5 Å². The molecule has 10 nitrogen and oxygen atoms in total. The van der Waals surface area contributed by atoms with Gasteiger partial charge in [-0.3, -0.25) is 0 Å². The Morgan fingerprint density at radius 2 is 1.10 bits per heavy atom. The van der Waals surface area contributed by atoms with Crippen molar-refractivity contribution in [3.05, 3.63) is 250 Å². The zero-order chi connectivity index (χ0) is 59.4. The number of para-hydroxylation sites is 2. The molecule has 0 unspecified atom stereocenters. The fraction of sp³-hybridized carbons (Fsp3) is 0.167. The highest BCUT2D eigenvalue weighted by atomic mass is 16.3. The van der Waals surface area contributed by atoms with E-state index >= 15 is 0 Å². The van der Waals surface area contributed by atoms with Crippen molar-refractivity contribution in [2.45, 2.75) is 73.1 Å². The molecule has 0 saturated heterocycles. The smallest absolute Gasteiger partial charge is 0.188 e. The Bertz CT molecular complexity index is 3750. The molecule has 8 N–H and O–H groups in total. The van der Waals surface area contributed by atoms with Crippen molar-refractivity contribution in [1.29, 1.82) is 0 Å². The van der Waals surface area contributed by atoms with Crippen LogP contribution in [0.25, 0.3) is 33.1 Å². The Balaban J connectivity index is 0.00000101.